The average Bonchev–Trinajstić information content (AvgIpc) is 2.85. The van der Waals surface area contributed by atoms with Crippen molar-refractivity contribution in [3.63, 3.8) is 0 Å². The first kappa shape index (κ1) is 25.4. The molecule has 1 nitrogen and oxygen atoms in total. The predicted molar refractivity (Wildman–Crippen MR) is 166 cm³/mol. The molecule has 0 amide bonds. The van der Waals surface area contributed by atoms with Gasteiger partial charge in [-0.15, -0.1) is 0 Å². The smallest absolute Gasteiger partial charge is 0.123 e. The highest BCUT2D eigenvalue weighted by Gasteiger charge is 2.60. The van der Waals surface area contributed by atoms with Crippen molar-refractivity contribution in [2.75, 3.05) is 0 Å². The lowest BCUT2D eigenvalue weighted by molar-refractivity contribution is -0.0195. The molecule has 0 aliphatic heterocycles. The lowest BCUT2D eigenvalue weighted by atomic mass is 9.42. The minimum absolute atomic E-state index is 0.267. The Kier molecular flexibility index (Phi) is 5.06. The maximum atomic E-state index is 12.9. The highest BCUT2D eigenvalue weighted by atomic mass is 16.3. The average molecular weight is 553 g/mol. The molecule has 12 aliphatic rings. The standard InChI is InChI=1S/C40H56O/c1-22(2)33-36(40-19-30-10-31(20-40)12-32(11-30)21-40)34(38-13-24-4-25(14-38)6-26(5-24)15-38)23(3)35(37(33)41)39-16-27-7-28(17-39)9-29(8-27)18-39/h22,24-32,41H,4-21H2,1-3H3. The molecule has 0 saturated heterocycles. The number of phenolic OH excluding ortho intramolecular Hbond substituents is 1. The van der Waals surface area contributed by atoms with Crippen molar-refractivity contribution < 1.29 is 5.11 Å². The molecular formula is C40H56O. The van der Waals surface area contributed by atoms with Gasteiger partial charge in [-0.05, 0) is 209 Å². The van der Waals surface area contributed by atoms with Crippen LogP contribution in [0.4, 0.5) is 0 Å². The topological polar surface area (TPSA) is 20.2 Å². The summed E-state index contributed by atoms with van der Waals surface area (Å²) in [6.07, 6.45) is 26.5. The minimum Gasteiger partial charge on any atom is -0.507 e. The molecule has 12 bridgehead atoms. The van der Waals surface area contributed by atoms with Crippen LogP contribution in [0.5, 0.6) is 5.75 Å². The molecule has 12 saturated carbocycles. The van der Waals surface area contributed by atoms with Gasteiger partial charge in [0.05, 0.1) is 0 Å². The van der Waals surface area contributed by atoms with Gasteiger partial charge in [0.2, 0.25) is 0 Å². The van der Waals surface area contributed by atoms with Crippen molar-refractivity contribution in [3.8, 4) is 5.75 Å². The number of rotatable bonds is 4. The van der Waals surface area contributed by atoms with Gasteiger partial charge in [0.25, 0.3) is 0 Å². The van der Waals surface area contributed by atoms with E-state index < -0.39 is 0 Å². The van der Waals surface area contributed by atoms with Crippen LogP contribution in [0.1, 0.15) is 163 Å². The Morgan fingerprint density at radius 2 is 0.732 bits per heavy atom. The molecule has 0 radical (unpaired) electrons. The number of benzene rings is 1. The molecule has 222 valence electrons. The Morgan fingerprint density at radius 1 is 0.463 bits per heavy atom. The van der Waals surface area contributed by atoms with Crippen molar-refractivity contribution >= 4 is 0 Å². The molecule has 1 aromatic rings. The fourth-order valence-corrected chi connectivity index (χ4v) is 16.6. The second-order valence-electron chi connectivity index (χ2n) is 19.3. The van der Waals surface area contributed by atoms with Gasteiger partial charge in [-0.2, -0.15) is 0 Å². The molecule has 1 heteroatoms. The quantitative estimate of drug-likeness (QED) is 0.394. The van der Waals surface area contributed by atoms with Crippen molar-refractivity contribution in [2.45, 2.75) is 159 Å². The third-order valence-electron chi connectivity index (χ3n) is 16.0. The van der Waals surface area contributed by atoms with Crippen LogP contribution in [-0.2, 0) is 16.2 Å². The highest BCUT2D eigenvalue weighted by Crippen LogP contribution is 2.70. The summed E-state index contributed by atoms with van der Waals surface area (Å²) in [5.41, 5.74) is 9.41. The Bertz CT molecular complexity index is 1190. The van der Waals surface area contributed by atoms with E-state index in [2.05, 4.69) is 20.8 Å². The third kappa shape index (κ3) is 3.37. The summed E-state index contributed by atoms with van der Waals surface area (Å²) in [4.78, 5) is 0. The highest BCUT2D eigenvalue weighted by molar-refractivity contribution is 5.64. The molecule has 41 heavy (non-hydrogen) atoms. The first-order chi connectivity index (χ1) is 19.7. The summed E-state index contributed by atoms with van der Waals surface area (Å²) >= 11 is 0. The zero-order valence-electron chi connectivity index (χ0n) is 26.4. The molecule has 0 spiro atoms. The van der Waals surface area contributed by atoms with Gasteiger partial charge in [0, 0.05) is 16.5 Å². The monoisotopic (exact) mass is 552 g/mol. The number of hydrogen-bond acceptors (Lipinski definition) is 1. The molecule has 0 atom stereocenters. The first-order valence-electron chi connectivity index (χ1n) is 18.6. The number of phenols is 1. The van der Waals surface area contributed by atoms with Gasteiger partial charge in [-0.25, -0.2) is 0 Å². The van der Waals surface area contributed by atoms with Crippen LogP contribution in [0, 0.1) is 60.2 Å². The van der Waals surface area contributed by atoms with Crippen molar-refractivity contribution in [3.05, 3.63) is 27.8 Å². The summed E-state index contributed by atoms with van der Waals surface area (Å²) in [6, 6.07) is 0. The van der Waals surface area contributed by atoms with E-state index in [0.29, 0.717) is 16.7 Å². The fourth-order valence-electron chi connectivity index (χ4n) is 16.6. The van der Waals surface area contributed by atoms with Gasteiger partial charge in [0.1, 0.15) is 5.75 Å². The number of aromatic hydroxyl groups is 1. The maximum Gasteiger partial charge on any atom is 0.123 e. The molecule has 1 aromatic carbocycles. The van der Waals surface area contributed by atoms with Crippen LogP contribution in [0.3, 0.4) is 0 Å². The van der Waals surface area contributed by atoms with E-state index in [9.17, 15) is 5.11 Å². The first-order valence-corrected chi connectivity index (χ1v) is 18.6. The van der Waals surface area contributed by atoms with Crippen LogP contribution in [-0.4, -0.2) is 5.11 Å². The van der Waals surface area contributed by atoms with Gasteiger partial charge in [-0.3, -0.25) is 0 Å². The minimum atomic E-state index is 0.267. The molecular weight excluding hydrogens is 496 g/mol. The Hall–Kier alpha value is -0.980. The molecule has 0 unspecified atom stereocenters. The summed E-state index contributed by atoms with van der Waals surface area (Å²) in [7, 11) is 0. The van der Waals surface area contributed by atoms with E-state index in [0.717, 1.165) is 59.0 Å². The van der Waals surface area contributed by atoms with E-state index in [1.54, 1.807) is 11.1 Å². The fraction of sp³-hybridized carbons (Fsp3) is 0.850. The summed E-state index contributed by atoms with van der Waals surface area (Å²) in [6.45, 7) is 7.51. The molecule has 12 aliphatic carbocycles. The molecule has 13 rings (SSSR count). The zero-order valence-corrected chi connectivity index (χ0v) is 26.4. The van der Waals surface area contributed by atoms with Crippen LogP contribution in [0.2, 0.25) is 0 Å². The Morgan fingerprint density at radius 3 is 1.02 bits per heavy atom. The van der Waals surface area contributed by atoms with Gasteiger partial charge >= 0.3 is 0 Å². The molecule has 1 N–H and O–H groups in total. The maximum absolute atomic E-state index is 12.9. The van der Waals surface area contributed by atoms with Gasteiger partial charge in [0.15, 0.2) is 0 Å². The molecule has 0 aromatic heterocycles. The summed E-state index contributed by atoms with van der Waals surface area (Å²) < 4.78 is 0. The second kappa shape index (κ2) is 8.18. The van der Waals surface area contributed by atoms with E-state index >= 15 is 0 Å². The lowest BCUT2D eigenvalue weighted by Crippen LogP contribution is -2.54. The van der Waals surface area contributed by atoms with Crippen LogP contribution < -0.4 is 0 Å². The van der Waals surface area contributed by atoms with E-state index in [1.165, 1.54) is 127 Å². The molecule has 12 fully saturated rings. The van der Waals surface area contributed by atoms with Gasteiger partial charge < -0.3 is 5.11 Å². The van der Waals surface area contributed by atoms with Crippen molar-refractivity contribution in [2.24, 2.45) is 53.3 Å². The van der Waals surface area contributed by atoms with Crippen LogP contribution in [0.15, 0.2) is 0 Å². The predicted octanol–water partition coefficient (Wildman–Crippen LogP) is 10.2. The third-order valence-corrected chi connectivity index (χ3v) is 16.0. The second-order valence-corrected chi connectivity index (χ2v) is 19.3. The van der Waals surface area contributed by atoms with E-state index in [-0.39, 0.29) is 5.41 Å². The molecule has 0 heterocycles. The van der Waals surface area contributed by atoms with Crippen molar-refractivity contribution in [1.29, 1.82) is 0 Å². The summed E-state index contributed by atoms with van der Waals surface area (Å²) in [5.74, 6) is 9.81. The number of hydrogen-bond donors (Lipinski definition) is 1. The summed E-state index contributed by atoms with van der Waals surface area (Å²) in [5, 5.41) is 12.9. The Labute approximate surface area is 250 Å². The Balaban J connectivity index is 1.26. The SMILES string of the molecule is Cc1c(C23CC4CC(CC(C4)C2)C3)c(O)c(C(C)C)c(C23CC4CC(CC(C4)C2)C3)c1C12CC3CC(CC(C3)C1)C2. The van der Waals surface area contributed by atoms with Crippen LogP contribution >= 0.6 is 0 Å². The van der Waals surface area contributed by atoms with E-state index in [4.69, 9.17) is 0 Å². The zero-order chi connectivity index (χ0) is 27.5. The normalized spacial score (nSPS) is 51.9. The van der Waals surface area contributed by atoms with Crippen LogP contribution in [0.25, 0.3) is 0 Å². The van der Waals surface area contributed by atoms with E-state index in [1.807, 2.05) is 5.56 Å². The lowest BCUT2D eigenvalue weighted by Gasteiger charge is -2.62. The van der Waals surface area contributed by atoms with Gasteiger partial charge in [-0.1, -0.05) is 13.8 Å². The van der Waals surface area contributed by atoms with Crippen molar-refractivity contribution in [1.82, 2.24) is 0 Å². The largest absolute Gasteiger partial charge is 0.507 e.